The Morgan fingerprint density at radius 1 is 0.682 bits per heavy atom. The van der Waals surface area contributed by atoms with E-state index in [1.54, 1.807) is 0 Å². The SMILES string of the molecule is CC1(C)[C-]=Cc2cc3c(cc21)Cc1cc2c(cc1-3)C=CC2(C)C.[Cl-].[Cl-].[Zr+2]=[C](c1ccccc1)c1ccccc1.c1cc[cH-]c1. The second-order valence-electron chi connectivity index (χ2n) is 12.4. The molecule has 44 heavy (non-hydrogen) atoms. The van der Waals surface area contributed by atoms with Crippen molar-refractivity contribution < 1.29 is 49.0 Å². The summed E-state index contributed by atoms with van der Waals surface area (Å²) in [5.74, 6) is 0. The number of allylic oxidation sites excluding steroid dienone is 2. The molecule has 0 aromatic heterocycles. The van der Waals surface area contributed by atoms with Crippen molar-refractivity contribution in [3.63, 3.8) is 0 Å². The summed E-state index contributed by atoms with van der Waals surface area (Å²) in [6.45, 7) is 9.13. The summed E-state index contributed by atoms with van der Waals surface area (Å²) in [7, 11) is 0. The maximum Gasteiger partial charge on any atom is -0.172 e. The first kappa shape index (κ1) is 33.9. The molecule has 0 spiro atoms. The zero-order valence-corrected chi connectivity index (χ0v) is 29.6. The molecule has 5 aromatic carbocycles. The van der Waals surface area contributed by atoms with Crippen molar-refractivity contribution in [1.82, 2.24) is 0 Å². The molecular formula is C41H36Cl2Zr-2. The molecule has 0 fully saturated rings. The molecule has 3 aliphatic carbocycles. The van der Waals surface area contributed by atoms with Crippen molar-refractivity contribution in [3.8, 4) is 11.1 Å². The Bertz CT molecular complexity index is 1650. The second-order valence-corrected chi connectivity index (χ2v) is 13.6. The predicted molar refractivity (Wildman–Crippen MR) is 176 cm³/mol. The maximum atomic E-state index is 3.50. The minimum atomic E-state index is 0. The van der Waals surface area contributed by atoms with Gasteiger partial charge in [0.05, 0.1) is 0 Å². The van der Waals surface area contributed by atoms with Gasteiger partial charge in [-0.1, -0.05) is 57.4 Å². The molecule has 0 unspecified atom stereocenters. The monoisotopic (exact) mass is 688 g/mol. The summed E-state index contributed by atoms with van der Waals surface area (Å²) in [6.07, 6.45) is 11.4. The van der Waals surface area contributed by atoms with Crippen molar-refractivity contribution in [2.24, 2.45) is 0 Å². The fourth-order valence-electron chi connectivity index (χ4n) is 6.10. The zero-order chi connectivity index (χ0) is 29.3. The Balaban J connectivity index is 0.000000180. The van der Waals surface area contributed by atoms with Gasteiger partial charge in [0, 0.05) is 5.41 Å². The Hall–Kier alpha value is -2.96. The van der Waals surface area contributed by atoms with Crippen LogP contribution in [0.2, 0.25) is 0 Å². The van der Waals surface area contributed by atoms with Crippen molar-refractivity contribution in [2.75, 3.05) is 0 Å². The van der Waals surface area contributed by atoms with E-state index >= 15 is 0 Å². The van der Waals surface area contributed by atoms with Crippen molar-refractivity contribution in [3.05, 3.63) is 172 Å². The van der Waals surface area contributed by atoms with Gasteiger partial charge in [0.25, 0.3) is 0 Å². The third-order valence-corrected chi connectivity index (χ3v) is 9.96. The average molecular weight is 691 g/mol. The quantitative estimate of drug-likeness (QED) is 0.242. The van der Waals surface area contributed by atoms with E-state index < -0.39 is 0 Å². The van der Waals surface area contributed by atoms with Crippen LogP contribution in [0.4, 0.5) is 0 Å². The predicted octanol–water partition coefficient (Wildman–Crippen LogP) is 3.89. The molecule has 0 amide bonds. The van der Waals surface area contributed by atoms with Gasteiger partial charge in [0.2, 0.25) is 0 Å². The van der Waals surface area contributed by atoms with E-state index in [-0.39, 0.29) is 35.6 Å². The van der Waals surface area contributed by atoms with E-state index in [2.05, 4.69) is 137 Å². The van der Waals surface area contributed by atoms with Gasteiger partial charge in [-0.2, -0.15) is 23.8 Å². The minimum Gasteiger partial charge on any atom is -0.214 e. The molecule has 3 heteroatoms. The molecule has 8 rings (SSSR count). The second kappa shape index (κ2) is 14.0. The molecule has 0 saturated heterocycles. The van der Waals surface area contributed by atoms with Crippen LogP contribution in [0.25, 0.3) is 23.3 Å². The van der Waals surface area contributed by atoms with Gasteiger partial charge in [0.1, 0.15) is 0 Å². The fourth-order valence-corrected chi connectivity index (χ4v) is 6.92. The standard InChI is InChI=1S/C23H21.C13H10.C5H5.2ClH.Zr/c1-22(2)7-5-14-10-18-16(12-20(14)22)9-17-13-21-15(11-19(17)18)6-8-23(21,3)4;1-3-7-12(8-4-1)11-13-9-5-2-6-10-13;1-2-4-5-3-1;;;/h5-7,10-13H,9H2,1-4H3;1-10H;1-5H;2*1H;/q-1;;-1;;;+2/p-2. The van der Waals surface area contributed by atoms with Gasteiger partial charge in [-0.05, 0) is 45.9 Å². The van der Waals surface area contributed by atoms with Gasteiger partial charge in [-0.3, -0.25) is 6.08 Å². The molecule has 0 nitrogen and oxygen atoms in total. The number of hydrogen-bond acceptors (Lipinski definition) is 0. The van der Waals surface area contributed by atoms with Gasteiger partial charge < -0.3 is 24.8 Å². The number of fused-ring (bicyclic) bond motifs is 5. The summed E-state index contributed by atoms with van der Waals surface area (Å²) in [5, 5.41) is 0. The Morgan fingerprint density at radius 3 is 1.73 bits per heavy atom. The van der Waals surface area contributed by atoms with Crippen LogP contribution in [0, 0.1) is 6.08 Å². The summed E-state index contributed by atoms with van der Waals surface area (Å²) >= 11 is 1.46. The van der Waals surface area contributed by atoms with E-state index in [4.69, 9.17) is 0 Å². The van der Waals surface area contributed by atoms with E-state index in [9.17, 15) is 0 Å². The largest absolute Gasteiger partial charge is 0.214 e. The Labute approximate surface area is 290 Å². The van der Waals surface area contributed by atoms with E-state index in [0.29, 0.717) is 0 Å². The summed E-state index contributed by atoms with van der Waals surface area (Å²) in [5.41, 5.74) is 14.3. The maximum absolute atomic E-state index is 3.50. The number of halogens is 2. The smallest absolute Gasteiger partial charge is 0.172 e. The van der Waals surface area contributed by atoms with Crippen LogP contribution in [0.1, 0.15) is 72.2 Å². The van der Waals surface area contributed by atoms with Crippen LogP contribution in [0.5, 0.6) is 0 Å². The molecule has 3 aliphatic rings. The molecule has 220 valence electrons. The van der Waals surface area contributed by atoms with Crippen LogP contribution in [-0.4, -0.2) is 3.21 Å². The van der Waals surface area contributed by atoms with Gasteiger partial charge in [-0.15, -0.1) is 11.6 Å². The number of rotatable bonds is 2. The first-order chi connectivity index (χ1) is 20.2. The van der Waals surface area contributed by atoms with E-state index in [1.807, 2.05) is 30.3 Å². The Morgan fingerprint density at radius 2 is 1.20 bits per heavy atom. The van der Waals surface area contributed by atoms with Crippen LogP contribution in [0.15, 0.2) is 121 Å². The normalized spacial score (nSPS) is 14.7. The molecule has 0 heterocycles. The fraction of sp³-hybridized carbons (Fsp3) is 0.171. The summed E-state index contributed by atoms with van der Waals surface area (Å²) in [4.78, 5) is 0. The molecule has 0 N–H and O–H groups in total. The van der Waals surface area contributed by atoms with Crippen LogP contribution in [0.3, 0.4) is 0 Å². The number of benzene rings is 4. The van der Waals surface area contributed by atoms with Crippen LogP contribution >= 0.6 is 0 Å². The number of hydrogen-bond donors (Lipinski definition) is 0. The van der Waals surface area contributed by atoms with Crippen molar-refractivity contribution in [2.45, 2.75) is 44.9 Å². The molecule has 0 saturated carbocycles. The summed E-state index contributed by atoms with van der Waals surface area (Å²) in [6, 6.07) is 40.8. The van der Waals surface area contributed by atoms with Crippen LogP contribution in [-0.2, 0) is 41.5 Å². The first-order valence-electron chi connectivity index (χ1n) is 14.7. The topological polar surface area (TPSA) is 0 Å². The van der Waals surface area contributed by atoms with E-state index in [0.717, 1.165) is 6.42 Å². The van der Waals surface area contributed by atoms with Gasteiger partial charge in [-0.25, -0.2) is 18.2 Å². The molecule has 5 aromatic rings. The third kappa shape index (κ3) is 6.97. The third-order valence-electron chi connectivity index (χ3n) is 8.54. The molecule has 0 bridgehead atoms. The molecule has 0 aliphatic heterocycles. The summed E-state index contributed by atoms with van der Waals surface area (Å²) < 4.78 is 1.42. The first-order valence-corrected chi connectivity index (χ1v) is 16.0. The molecule has 0 atom stereocenters. The van der Waals surface area contributed by atoms with Crippen molar-refractivity contribution >= 4 is 15.4 Å². The van der Waals surface area contributed by atoms with Crippen molar-refractivity contribution in [1.29, 1.82) is 0 Å². The van der Waals surface area contributed by atoms with Crippen LogP contribution < -0.4 is 24.8 Å². The average Bonchev–Trinajstić information content (AvgIpc) is 3.80. The molecule has 0 radical (unpaired) electrons. The van der Waals surface area contributed by atoms with Gasteiger partial charge >= 0.3 is 99.2 Å². The zero-order valence-electron chi connectivity index (χ0n) is 25.7. The Kier molecular flexibility index (Phi) is 10.8. The minimum absolute atomic E-state index is 0. The van der Waals surface area contributed by atoms with Gasteiger partial charge in [0.15, 0.2) is 0 Å². The van der Waals surface area contributed by atoms with E-state index in [1.165, 1.54) is 83.1 Å². The molecular weight excluding hydrogens is 655 g/mol.